The van der Waals surface area contributed by atoms with E-state index >= 15 is 0 Å². The summed E-state index contributed by atoms with van der Waals surface area (Å²) in [7, 11) is 0. The molecule has 1 aromatic heterocycles. The van der Waals surface area contributed by atoms with Gasteiger partial charge in [-0.15, -0.1) is 0 Å². The van der Waals surface area contributed by atoms with Crippen molar-refractivity contribution in [1.29, 1.82) is 0 Å². The van der Waals surface area contributed by atoms with Gasteiger partial charge in [0.05, 0.1) is 11.8 Å². The van der Waals surface area contributed by atoms with Crippen LogP contribution in [0.15, 0.2) is 21.7 Å². The maximum absolute atomic E-state index is 12.7. The Balaban J connectivity index is 1.23. The fourth-order valence-electron chi connectivity index (χ4n) is 4.84. The second kappa shape index (κ2) is 9.20. The van der Waals surface area contributed by atoms with Gasteiger partial charge in [0, 0.05) is 38.5 Å². The Morgan fingerprint density at radius 1 is 1.23 bits per heavy atom. The van der Waals surface area contributed by atoms with E-state index < -0.39 is 0 Å². The molecule has 0 radical (unpaired) electrons. The number of fused-ring (bicyclic) bond motifs is 5. The summed E-state index contributed by atoms with van der Waals surface area (Å²) in [6.07, 6.45) is 6.47. The first-order valence-electron chi connectivity index (χ1n) is 11.4. The fraction of sp³-hybridized carbons (Fsp3) is 0.682. The predicted molar refractivity (Wildman–Crippen MR) is 115 cm³/mol. The number of likely N-dealkylation sites (tertiary alicyclic amines) is 1. The number of guanidine groups is 1. The third-order valence-corrected chi connectivity index (χ3v) is 6.35. The van der Waals surface area contributed by atoms with Crippen molar-refractivity contribution in [3.63, 3.8) is 0 Å². The molecule has 1 saturated heterocycles. The molecule has 9 nitrogen and oxygen atoms in total. The molecule has 3 aliphatic rings. The first-order chi connectivity index (χ1) is 15.0. The largest absolute Gasteiger partial charge is 0.357 e. The number of carbonyl (C=O) groups is 2. The minimum Gasteiger partial charge on any atom is -0.357 e. The predicted octanol–water partition coefficient (Wildman–Crippen LogP) is 1.49. The SMILES string of the molecule is CCNC(=NCCCN1C(=O)C2C3C=CC(C3)C2C1=O)NCCc1nc(C(C)C)no1. The quantitative estimate of drug-likeness (QED) is 0.201. The van der Waals surface area contributed by atoms with E-state index in [4.69, 9.17) is 4.52 Å². The van der Waals surface area contributed by atoms with Gasteiger partial charge in [-0.05, 0) is 31.6 Å². The molecule has 4 atom stereocenters. The number of aromatic nitrogens is 2. The number of hydrogen-bond donors (Lipinski definition) is 2. The molecular formula is C22H32N6O3. The minimum atomic E-state index is -0.120. The average Bonchev–Trinajstić information content (AvgIpc) is 3.51. The summed E-state index contributed by atoms with van der Waals surface area (Å²) in [5.41, 5.74) is 0. The third kappa shape index (κ3) is 4.36. The number of carbonyl (C=O) groups excluding carboxylic acids is 2. The lowest BCUT2D eigenvalue weighted by Gasteiger charge is -2.16. The zero-order valence-corrected chi connectivity index (χ0v) is 18.5. The van der Waals surface area contributed by atoms with Crippen LogP contribution in [0.25, 0.3) is 0 Å². The van der Waals surface area contributed by atoms with Crippen LogP contribution >= 0.6 is 0 Å². The van der Waals surface area contributed by atoms with Crippen molar-refractivity contribution in [2.75, 3.05) is 26.2 Å². The molecule has 168 valence electrons. The Hall–Kier alpha value is -2.71. The molecule has 0 spiro atoms. The van der Waals surface area contributed by atoms with Crippen LogP contribution in [-0.2, 0) is 16.0 Å². The van der Waals surface area contributed by atoms with Gasteiger partial charge in [0.25, 0.3) is 0 Å². The molecule has 2 amide bonds. The highest BCUT2D eigenvalue weighted by Crippen LogP contribution is 2.52. The van der Waals surface area contributed by atoms with Gasteiger partial charge in [-0.3, -0.25) is 19.5 Å². The molecule has 4 rings (SSSR count). The van der Waals surface area contributed by atoms with Gasteiger partial charge in [-0.2, -0.15) is 4.98 Å². The standard InChI is InChI=1S/C22H32N6O3/c1-4-23-22(25-10-8-16-26-19(13(2)3)27-31-16)24-9-5-11-28-20(29)17-14-6-7-15(12-14)18(17)21(28)30/h6-7,13-15,17-18H,4-5,8-12H2,1-3H3,(H2,23,24,25). The van der Waals surface area contributed by atoms with Crippen molar-refractivity contribution in [2.45, 2.75) is 46.0 Å². The zero-order valence-electron chi connectivity index (χ0n) is 18.5. The van der Waals surface area contributed by atoms with Gasteiger partial charge in [-0.1, -0.05) is 31.2 Å². The molecule has 2 heterocycles. The van der Waals surface area contributed by atoms with Crippen LogP contribution in [0.4, 0.5) is 0 Å². The van der Waals surface area contributed by atoms with E-state index in [0.29, 0.717) is 44.3 Å². The number of rotatable bonds is 9. The van der Waals surface area contributed by atoms with Crippen molar-refractivity contribution in [1.82, 2.24) is 25.7 Å². The van der Waals surface area contributed by atoms with Crippen LogP contribution in [0, 0.1) is 23.7 Å². The Labute approximate surface area is 182 Å². The van der Waals surface area contributed by atoms with Crippen molar-refractivity contribution in [3.05, 3.63) is 23.9 Å². The van der Waals surface area contributed by atoms with Crippen LogP contribution in [-0.4, -0.2) is 59.0 Å². The van der Waals surface area contributed by atoms with Gasteiger partial charge in [-0.25, -0.2) is 0 Å². The van der Waals surface area contributed by atoms with E-state index in [1.54, 1.807) is 0 Å². The lowest BCUT2D eigenvalue weighted by atomic mass is 9.85. The molecular weight excluding hydrogens is 396 g/mol. The zero-order chi connectivity index (χ0) is 22.0. The Morgan fingerprint density at radius 2 is 1.94 bits per heavy atom. The molecule has 1 aliphatic heterocycles. The smallest absolute Gasteiger partial charge is 0.233 e. The lowest BCUT2D eigenvalue weighted by Crippen LogP contribution is -2.38. The molecule has 2 aliphatic carbocycles. The van der Waals surface area contributed by atoms with Crippen LogP contribution in [0.1, 0.15) is 51.2 Å². The molecule has 2 N–H and O–H groups in total. The van der Waals surface area contributed by atoms with Gasteiger partial charge in [0.2, 0.25) is 17.7 Å². The topological polar surface area (TPSA) is 113 Å². The number of aliphatic imine (C=N–C) groups is 1. The van der Waals surface area contributed by atoms with Crippen LogP contribution in [0.2, 0.25) is 0 Å². The normalized spacial score (nSPS) is 27.0. The molecule has 1 aromatic rings. The molecule has 2 fully saturated rings. The summed E-state index contributed by atoms with van der Waals surface area (Å²) in [6, 6.07) is 0. The maximum Gasteiger partial charge on any atom is 0.233 e. The van der Waals surface area contributed by atoms with Crippen LogP contribution in [0.5, 0.6) is 0 Å². The van der Waals surface area contributed by atoms with Crippen molar-refractivity contribution < 1.29 is 14.1 Å². The first kappa shape index (κ1) is 21.5. The number of nitrogens with zero attached hydrogens (tertiary/aromatic N) is 4. The molecule has 0 aromatic carbocycles. The summed E-state index contributed by atoms with van der Waals surface area (Å²) >= 11 is 0. The average molecular weight is 429 g/mol. The van der Waals surface area contributed by atoms with E-state index in [1.165, 1.54) is 4.90 Å². The summed E-state index contributed by atoms with van der Waals surface area (Å²) in [6.45, 7) is 8.39. The van der Waals surface area contributed by atoms with Gasteiger partial charge in [0.1, 0.15) is 0 Å². The van der Waals surface area contributed by atoms with E-state index in [2.05, 4.69) is 37.9 Å². The Morgan fingerprint density at radius 3 is 2.55 bits per heavy atom. The molecule has 1 saturated carbocycles. The van der Waals surface area contributed by atoms with E-state index in [9.17, 15) is 9.59 Å². The summed E-state index contributed by atoms with van der Waals surface area (Å²) in [4.78, 5) is 35.9. The van der Waals surface area contributed by atoms with Crippen molar-refractivity contribution in [3.8, 4) is 0 Å². The second-order valence-corrected chi connectivity index (χ2v) is 8.82. The maximum atomic E-state index is 12.7. The number of imide groups is 1. The van der Waals surface area contributed by atoms with Gasteiger partial charge in [0.15, 0.2) is 11.8 Å². The van der Waals surface area contributed by atoms with E-state index in [0.717, 1.165) is 18.8 Å². The summed E-state index contributed by atoms with van der Waals surface area (Å²) in [5.74, 6) is 2.57. The fourth-order valence-corrected chi connectivity index (χ4v) is 4.84. The molecule has 9 heteroatoms. The van der Waals surface area contributed by atoms with E-state index in [1.807, 2.05) is 20.8 Å². The lowest BCUT2D eigenvalue weighted by molar-refractivity contribution is -0.140. The Bertz CT molecular complexity index is 846. The Kier molecular flexibility index (Phi) is 6.38. The second-order valence-electron chi connectivity index (χ2n) is 8.82. The highest BCUT2D eigenvalue weighted by Gasteiger charge is 2.58. The number of amides is 2. The monoisotopic (exact) mass is 428 g/mol. The summed E-state index contributed by atoms with van der Waals surface area (Å²) in [5, 5.41) is 10.4. The van der Waals surface area contributed by atoms with Crippen molar-refractivity contribution >= 4 is 17.8 Å². The number of nitrogens with one attached hydrogen (secondary N) is 2. The highest BCUT2D eigenvalue weighted by atomic mass is 16.5. The highest BCUT2D eigenvalue weighted by molar-refractivity contribution is 6.06. The molecule has 2 bridgehead atoms. The van der Waals surface area contributed by atoms with Crippen LogP contribution < -0.4 is 10.6 Å². The van der Waals surface area contributed by atoms with E-state index in [-0.39, 0.29) is 41.4 Å². The first-order valence-corrected chi connectivity index (χ1v) is 11.4. The number of hydrogen-bond acceptors (Lipinski definition) is 6. The minimum absolute atomic E-state index is 0.0150. The summed E-state index contributed by atoms with van der Waals surface area (Å²) < 4.78 is 5.26. The van der Waals surface area contributed by atoms with Crippen molar-refractivity contribution in [2.24, 2.45) is 28.7 Å². The molecule has 31 heavy (non-hydrogen) atoms. The van der Waals surface area contributed by atoms with Gasteiger partial charge >= 0.3 is 0 Å². The third-order valence-electron chi connectivity index (χ3n) is 6.35. The number of allylic oxidation sites excluding steroid dienone is 2. The molecule has 4 unspecified atom stereocenters. The van der Waals surface area contributed by atoms with Crippen LogP contribution in [0.3, 0.4) is 0 Å². The van der Waals surface area contributed by atoms with Gasteiger partial charge < -0.3 is 15.2 Å².